The third kappa shape index (κ3) is 5.03. The van der Waals surface area contributed by atoms with E-state index >= 15 is 0 Å². The number of carbonyl (C=O) groups excluding carboxylic acids is 1. The van der Waals surface area contributed by atoms with Crippen molar-refractivity contribution in [1.29, 1.82) is 0 Å². The zero-order valence-corrected chi connectivity index (χ0v) is 17.5. The first kappa shape index (κ1) is 19.6. The molecular weight excluding hydrogens is 427 g/mol. The van der Waals surface area contributed by atoms with Crippen LogP contribution < -0.4 is 5.32 Å². The van der Waals surface area contributed by atoms with E-state index in [4.69, 9.17) is 23.2 Å². The van der Waals surface area contributed by atoms with Gasteiger partial charge < -0.3 is 5.32 Å². The number of hydrogen-bond acceptors (Lipinski definition) is 4. The van der Waals surface area contributed by atoms with Crippen molar-refractivity contribution in [2.75, 3.05) is 5.32 Å². The average Bonchev–Trinajstić information content (AvgIpc) is 3.32. The van der Waals surface area contributed by atoms with Crippen LogP contribution in [0, 0.1) is 0 Å². The maximum atomic E-state index is 12.5. The zero-order chi connectivity index (χ0) is 20.2. The first-order valence-corrected chi connectivity index (χ1v) is 10.5. The maximum Gasteiger partial charge on any atom is 0.231 e. The average molecular weight is 443 g/mol. The lowest BCUT2D eigenvalue weighted by molar-refractivity contribution is -0.115. The van der Waals surface area contributed by atoms with E-state index in [1.807, 2.05) is 53.9 Å². The third-order valence-electron chi connectivity index (χ3n) is 4.19. The highest BCUT2D eigenvalue weighted by atomic mass is 35.5. The second-order valence-corrected chi connectivity index (χ2v) is 8.11. The number of nitrogens with one attached hydrogen (secondary N) is 1. The van der Waals surface area contributed by atoms with Crippen LogP contribution in [0.1, 0.15) is 11.3 Å². The quantitative estimate of drug-likeness (QED) is 0.426. The molecule has 8 heteroatoms. The van der Waals surface area contributed by atoms with Crippen LogP contribution in [0.25, 0.3) is 10.6 Å². The van der Waals surface area contributed by atoms with E-state index in [0.717, 1.165) is 21.8 Å². The van der Waals surface area contributed by atoms with Gasteiger partial charge in [0, 0.05) is 27.1 Å². The van der Waals surface area contributed by atoms with Crippen molar-refractivity contribution in [2.45, 2.75) is 13.0 Å². The Morgan fingerprint density at radius 2 is 1.90 bits per heavy atom. The number of anilines is 1. The minimum atomic E-state index is -0.147. The van der Waals surface area contributed by atoms with Crippen LogP contribution in [0.2, 0.25) is 10.0 Å². The Morgan fingerprint density at radius 1 is 1.07 bits per heavy atom. The molecule has 0 radical (unpaired) electrons. The number of carbonyl (C=O) groups is 1. The van der Waals surface area contributed by atoms with Crippen molar-refractivity contribution in [3.8, 4) is 10.6 Å². The standard InChI is InChI=1S/C21H16Cl2N4OS/c22-16-6-4-15(5-7-16)21-25-18(13-29-21)11-20(28)26-19-8-9-24-27(19)12-14-2-1-3-17(23)10-14/h1-10,13H,11-12H2,(H,26,28). The molecule has 0 bridgehead atoms. The largest absolute Gasteiger partial charge is 0.311 e. The van der Waals surface area contributed by atoms with Gasteiger partial charge in [0.1, 0.15) is 10.8 Å². The number of thiazole rings is 1. The minimum absolute atomic E-state index is 0.147. The fourth-order valence-electron chi connectivity index (χ4n) is 2.84. The zero-order valence-electron chi connectivity index (χ0n) is 15.2. The second kappa shape index (κ2) is 8.78. The van der Waals surface area contributed by atoms with Crippen molar-refractivity contribution >= 4 is 46.3 Å². The maximum absolute atomic E-state index is 12.5. The van der Waals surface area contributed by atoms with Crippen molar-refractivity contribution in [1.82, 2.24) is 14.8 Å². The number of rotatable bonds is 6. The summed E-state index contributed by atoms with van der Waals surface area (Å²) in [7, 11) is 0. The van der Waals surface area contributed by atoms with Gasteiger partial charge >= 0.3 is 0 Å². The summed E-state index contributed by atoms with van der Waals surface area (Å²) < 4.78 is 1.73. The Morgan fingerprint density at radius 3 is 2.69 bits per heavy atom. The first-order chi connectivity index (χ1) is 14.1. The summed E-state index contributed by atoms with van der Waals surface area (Å²) >= 11 is 13.5. The lowest BCUT2D eigenvalue weighted by atomic mass is 10.2. The SMILES string of the molecule is O=C(Cc1csc(-c2ccc(Cl)cc2)n1)Nc1ccnn1Cc1cccc(Cl)c1. The van der Waals surface area contributed by atoms with Crippen LogP contribution >= 0.6 is 34.5 Å². The Kier molecular flexibility index (Phi) is 5.94. The number of benzene rings is 2. The Labute approximate surface area is 181 Å². The first-order valence-electron chi connectivity index (χ1n) is 8.83. The molecule has 4 aromatic rings. The van der Waals surface area contributed by atoms with Gasteiger partial charge in [0.25, 0.3) is 0 Å². The van der Waals surface area contributed by atoms with E-state index in [-0.39, 0.29) is 12.3 Å². The molecule has 0 atom stereocenters. The summed E-state index contributed by atoms with van der Waals surface area (Å²) in [6.07, 6.45) is 1.84. The van der Waals surface area contributed by atoms with Gasteiger partial charge in [0.05, 0.1) is 24.9 Å². The molecule has 5 nitrogen and oxygen atoms in total. The van der Waals surface area contributed by atoms with Crippen molar-refractivity contribution in [2.24, 2.45) is 0 Å². The molecule has 146 valence electrons. The van der Waals surface area contributed by atoms with Gasteiger partial charge in [-0.15, -0.1) is 11.3 Å². The van der Waals surface area contributed by atoms with E-state index in [1.54, 1.807) is 16.9 Å². The molecule has 0 unspecified atom stereocenters. The molecule has 4 rings (SSSR count). The summed E-state index contributed by atoms with van der Waals surface area (Å²) in [5, 5.41) is 11.3. The van der Waals surface area contributed by atoms with Gasteiger partial charge in [-0.3, -0.25) is 4.79 Å². The number of halogens is 2. The highest BCUT2D eigenvalue weighted by Gasteiger charge is 2.12. The molecule has 0 aliphatic heterocycles. The monoisotopic (exact) mass is 442 g/mol. The van der Waals surface area contributed by atoms with E-state index in [0.29, 0.717) is 22.4 Å². The van der Waals surface area contributed by atoms with Crippen LogP contribution in [0.5, 0.6) is 0 Å². The van der Waals surface area contributed by atoms with Crippen LogP contribution in [-0.2, 0) is 17.8 Å². The smallest absolute Gasteiger partial charge is 0.231 e. The van der Waals surface area contributed by atoms with Crippen LogP contribution in [0.3, 0.4) is 0 Å². The summed E-state index contributed by atoms with van der Waals surface area (Å²) in [6.45, 7) is 0.514. The molecule has 2 aromatic heterocycles. The number of amides is 1. The van der Waals surface area contributed by atoms with Crippen LogP contribution in [-0.4, -0.2) is 20.7 Å². The molecule has 0 spiro atoms. The summed E-state index contributed by atoms with van der Waals surface area (Å²) in [5.74, 6) is 0.480. The van der Waals surface area contributed by atoms with Crippen LogP contribution in [0.4, 0.5) is 5.82 Å². The number of nitrogens with zero attached hydrogens (tertiary/aromatic N) is 3. The van der Waals surface area contributed by atoms with E-state index in [2.05, 4.69) is 15.4 Å². The lowest BCUT2D eigenvalue weighted by Crippen LogP contribution is -2.18. The fourth-order valence-corrected chi connectivity index (χ4v) is 4.00. The predicted octanol–water partition coefficient (Wildman–Crippen LogP) is 5.54. The molecule has 0 saturated heterocycles. The van der Waals surface area contributed by atoms with Crippen molar-refractivity contribution in [3.63, 3.8) is 0 Å². The van der Waals surface area contributed by atoms with Gasteiger partial charge in [-0.2, -0.15) is 5.10 Å². The van der Waals surface area contributed by atoms with Gasteiger partial charge in [-0.1, -0.05) is 47.5 Å². The molecule has 0 aliphatic carbocycles. The normalized spacial score (nSPS) is 10.8. The predicted molar refractivity (Wildman–Crippen MR) is 118 cm³/mol. The topological polar surface area (TPSA) is 59.8 Å². The van der Waals surface area contributed by atoms with Gasteiger partial charge in [-0.25, -0.2) is 9.67 Å². The molecule has 0 saturated carbocycles. The Bertz CT molecular complexity index is 1140. The molecule has 0 aliphatic rings. The highest BCUT2D eigenvalue weighted by Crippen LogP contribution is 2.25. The summed E-state index contributed by atoms with van der Waals surface area (Å²) in [4.78, 5) is 17.1. The Hall–Kier alpha value is -2.67. The number of aromatic nitrogens is 3. The van der Waals surface area contributed by atoms with E-state index < -0.39 is 0 Å². The molecule has 29 heavy (non-hydrogen) atoms. The van der Waals surface area contributed by atoms with E-state index in [9.17, 15) is 4.79 Å². The van der Waals surface area contributed by atoms with Gasteiger partial charge in [0.15, 0.2) is 0 Å². The fraction of sp³-hybridized carbons (Fsp3) is 0.0952. The molecule has 1 N–H and O–H groups in total. The molecule has 2 aromatic carbocycles. The van der Waals surface area contributed by atoms with Crippen molar-refractivity contribution < 1.29 is 4.79 Å². The third-order valence-corrected chi connectivity index (χ3v) is 5.62. The number of hydrogen-bond donors (Lipinski definition) is 1. The van der Waals surface area contributed by atoms with Gasteiger partial charge in [0.2, 0.25) is 5.91 Å². The minimum Gasteiger partial charge on any atom is -0.311 e. The van der Waals surface area contributed by atoms with Crippen LogP contribution in [0.15, 0.2) is 66.2 Å². The Balaban J connectivity index is 1.41. The highest BCUT2D eigenvalue weighted by molar-refractivity contribution is 7.13. The molecular formula is C21H16Cl2N4OS. The second-order valence-electron chi connectivity index (χ2n) is 6.38. The summed E-state index contributed by atoms with van der Waals surface area (Å²) in [6, 6.07) is 16.8. The lowest BCUT2D eigenvalue weighted by Gasteiger charge is -2.09. The van der Waals surface area contributed by atoms with Crippen molar-refractivity contribution in [3.05, 3.63) is 87.5 Å². The van der Waals surface area contributed by atoms with E-state index in [1.165, 1.54) is 11.3 Å². The molecule has 0 fully saturated rings. The van der Waals surface area contributed by atoms with Gasteiger partial charge in [-0.05, 0) is 29.8 Å². The summed E-state index contributed by atoms with van der Waals surface area (Å²) in [5.41, 5.74) is 2.70. The molecule has 1 amide bonds. The molecule has 2 heterocycles.